The molecule has 0 radical (unpaired) electrons. The van der Waals surface area contributed by atoms with Gasteiger partial charge in [-0.3, -0.25) is 9.59 Å². The van der Waals surface area contributed by atoms with Crippen LogP contribution >= 0.6 is 0 Å². The molecule has 5 heteroatoms. The molecule has 0 unspecified atom stereocenters. The van der Waals surface area contributed by atoms with Crippen LogP contribution in [0.2, 0.25) is 0 Å². The van der Waals surface area contributed by atoms with Gasteiger partial charge in [0.1, 0.15) is 5.60 Å². The number of ether oxygens (including phenoxy) is 2. The number of amides is 1. The Hall–Kier alpha value is -1.10. The monoisotopic (exact) mass is 309 g/mol. The third-order valence-corrected chi connectivity index (χ3v) is 5.33. The number of hydrogen-bond acceptors (Lipinski definition) is 4. The molecular weight excluding hydrogens is 282 g/mol. The van der Waals surface area contributed by atoms with E-state index in [1.54, 1.807) is 0 Å². The van der Waals surface area contributed by atoms with E-state index in [9.17, 15) is 9.59 Å². The largest absolute Gasteiger partial charge is 0.458 e. The minimum Gasteiger partial charge on any atom is -0.458 e. The van der Waals surface area contributed by atoms with Crippen molar-refractivity contribution in [3.63, 3.8) is 0 Å². The molecule has 3 fully saturated rings. The smallest absolute Gasteiger partial charge is 0.307 e. The van der Waals surface area contributed by atoms with Crippen molar-refractivity contribution in [1.82, 2.24) is 5.32 Å². The van der Waals surface area contributed by atoms with Gasteiger partial charge in [0, 0.05) is 18.9 Å². The zero-order valence-corrected chi connectivity index (χ0v) is 13.7. The molecule has 2 aliphatic heterocycles. The molecule has 1 amide bonds. The van der Waals surface area contributed by atoms with Gasteiger partial charge in [0.05, 0.1) is 24.5 Å². The zero-order valence-electron chi connectivity index (χ0n) is 13.7. The van der Waals surface area contributed by atoms with Crippen LogP contribution in [-0.4, -0.2) is 35.7 Å². The predicted molar refractivity (Wildman–Crippen MR) is 81.2 cm³/mol. The van der Waals surface area contributed by atoms with Crippen LogP contribution in [0.25, 0.3) is 0 Å². The van der Waals surface area contributed by atoms with E-state index in [4.69, 9.17) is 9.47 Å². The van der Waals surface area contributed by atoms with Gasteiger partial charge in [0.15, 0.2) is 0 Å². The Morgan fingerprint density at radius 1 is 1.23 bits per heavy atom. The van der Waals surface area contributed by atoms with E-state index in [0.29, 0.717) is 19.4 Å². The molecule has 22 heavy (non-hydrogen) atoms. The highest BCUT2D eigenvalue weighted by Gasteiger charge is 2.56. The second kappa shape index (κ2) is 5.84. The normalized spacial score (nSPS) is 35.4. The second-order valence-electron chi connectivity index (χ2n) is 7.67. The SMILES string of the molecule is CC1(C)C[C@@]2(CCO1)OC(=O)C[C@@H]2C(=O)NC1CCCCC1. The number of esters is 1. The van der Waals surface area contributed by atoms with Gasteiger partial charge in [0.2, 0.25) is 5.91 Å². The van der Waals surface area contributed by atoms with Crippen LogP contribution < -0.4 is 5.32 Å². The molecule has 124 valence electrons. The molecule has 0 aromatic carbocycles. The highest BCUT2D eigenvalue weighted by molar-refractivity contribution is 5.88. The van der Waals surface area contributed by atoms with Crippen LogP contribution in [0.15, 0.2) is 0 Å². The van der Waals surface area contributed by atoms with Gasteiger partial charge < -0.3 is 14.8 Å². The first-order valence-corrected chi connectivity index (χ1v) is 8.56. The lowest BCUT2D eigenvalue weighted by Crippen LogP contribution is -2.54. The second-order valence-corrected chi connectivity index (χ2v) is 7.67. The Morgan fingerprint density at radius 3 is 2.64 bits per heavy atom. The maximum absolute atomic E-state index is 12.8. The lowest BCUT2D eigenvalue weighted by atomic mass is 9.75. The van der Waals surface area contributed by atoms with Gasteiger partial charge in [-0.25, -0.2) is 0 Å². The van der Waals surface area contributed by atoms with Crippen molar-refractivity contribution in [1.29, 1.82) is 0 Å². The van der Waals surface area contributed by atoms with E-state index in [2.05, 4.69) is 5.32 Å². The maximum Gasteiger partial charge on any atom is 0.307 e. The summed E-state index contributed by atoms with van der Waals surface area (Å²) in [5, 5.41) is 3.17. The fraction of sp³-hybridized carbons (Fsp3) is 0.882. The highest BCUT2D eigenvalue weighted by atomic mass is 16.6. The number of nitrogens with one attached hydrogen (secondary N) is 1. The molecular formula is C17H27NO4. The highest BCUT2D eigenvalue weighted by Crippen LogP contribution is 2.45. The average Bonchev–Trinajstić information content (AvgIpc) is 2.74. The summed E-state index contributed by atoms with van der Waals surface area (Å²) in [4.78, 5) is 24.7. The van der Waals surface area contributed by atoms with E-state index < -0.39 is 5.60 Å². The van der Waals surface area contributed by atoms with E-state index in [0.717, 1.165) is 12.8 Å². The fourth-order valence-electron chi connectivity index (χ4n) is 4.32. The zero-order chi connectivity index (χ0) is 15.8. The third kappa shape index (κ3) is 3.14. The van der Waals surface area contributed by atoms with Gasteiger partial charge in [-0.1, -0.05) is 19.3 Å². The lowest BCUT2D eigenvalue weighted by Gasteiger charge is -2.44. The van der Waals surface area contributed by atoms with Gasteiger partial charge in [-0.2, -0.15) is 0 Å². The van der Waals surface area contributed by atoms with Crippen LogP contribution in [0.5, 0.6) is 0 Å². The molecule has 2 saturated heterocycles. The Bertz CT molecular complexity index is 456. The molecule has 0 aromatic rings. The Labute approximate surface area is 132 Å². The van der Waals surface area contributed by atoms with Crippen molar-refractivity contribution in [3.8, 4) is 0 Å². The standard InChI is InChI=1S/C17H27NO4/c1-16(2)11-17(8-9-21-16)13(10-14(19)22-17)15(20)18-12-6-4-3-5-7-12/h12-13H,3-11H2,1-2H3,(H,18,20)/t13-,17-/m1/s1. The van der Waals surface area contributed by atoms with E-state index in [1.807, 2.05) is 13.8 Å². The summed E-state index contributed by atoms with van der Waals surface area (Å²) in [5.41, 5.74) is -1.02. The predicted octanol–water partition coefficient (Wildman–Crippen LogP) is 2.33. The molecule has 5 nitrogen and oxygen atoms in total. The summed E-state index contributed by atoms with van der Waals surface area (Å²) in [6.45, 7) is 4.53. The molecule has 1 aliphatic carbocycles. The summed E-state index contributed by atoms with van der Waals surface area (Å²) in [6, 6.07) is 0.266. The summed E-state index contributed by atoms with van der Waals surface area (Å²) in [7, 11) is 0. The fourth-order valence-corrected chi connectivity index (χ4v) is 4.32. The topological polar surface area (TPSA) is 64.6 Å². The summed E-state index contributed by atoms with van der Waals surface area (Å²) < 4.78 is 11.4. The molecule has 2 atom stereocenters. The molecule has 0 bridgehead atoms. The van der Waals surface area contributed by atoms with E-state index in [1.165, 1.54) is 19.3 Å². The van der Waals surface area contributed by atoms with Gasteiger partial charge in [-0.15, -0.1) is 0 Å². The van der Waals surface area contributed by atoms with Crippen LogP contribution in [0.4, 0.5) is 0 Å². The van der Waals surface area contributed by atoms with Crippen LogP contribution in [0.3, 0.4) is 0 Å². The Morgan fingerprint density at radius 2 is 1.95 bits per heavy atom. The van der Waals surface area contributed by atoms with E-state index >= 15 is 0 Å². The molecule has 3 aliphatic rings. The molecule has 1 N–H and O–H groups in total. The Balaban J connectivity index is 1.72. The van der Waals surface area contributed by atoms with Gasteiger partial charge in [0.25, 0.3) is 0 Å². The van der Waals surface area contributed by atoms with Crippen molar-refractivity contribution in [3.05, 3.63) is 0 Å². The minimum absolute atomic E-state index is 0.00421. The first kappa shape index (κ1) is 15.8. The van der Waals surface area contributed by atoms with Crippen LogP contribution in [0, 0.1) is 5.92 Å². The first-order valence-electron chi connectivity index (χ1n) is 8.56. The molecule has 0 aromatic heterocycles. The third-order valence-electron chi connectivity index (χ3n) is 5.33. The number of carbonyl (C=O) groups is 2. The number of hydrogen-bond donors (Lipinski definition) is 1. The van der Waals surface area contributed by atoms with Gasteiger partial charge in [-0.05, 0) is 26.7 Å². The number of rotatable bonds is 2. The summed E-state index contributed by atoms with van der Waals surface area (Å²) >= 11 is 0. The molecule has 1 saturated carbocycles. The minimum atomic E-state index is -0.669. The van der Waals surface area contributed by atoms with Crippen LogP contribution in [-0.2, 0) is 19.1 Å². The molecule has 1 spiro atoms. The molecule has 2 heterocycles. The lowest BCUT2D eigenvalue weighted by molar-refractivity contribution is -0.179. The maximum atomic E-state index is 12.8. The van der Waals surface area contributed by atoms with Crippen molar-refractivity contribution in [2.45, 2.75) is 82.5 Å². The first-order chi connectivity index (χ1) is 10.4. The number of carbonyl (C=O) groups excluding carboxylic acids is 2. The van der Waals surface area contributed by atoms with Crippen molar-refractivity contribution in [2.24, 2.45) is 5.92 Å². The Kier molecular flexibility index (Phi) is 4.19. The molecule has 3 rings (SSSR count). The summed E-state index contributed by atoms with van der Waals surface area (Å²) in [6.07, 6.45) is 7.12. The van der Waals surface area contributed by atoms with E-state index in [-0.39, 0.29) is 35.9 Å². The summed E-state index contributed by atoms with van der Waals surface area (Å²) in [5.74, 6) is -0.623. The quantitative estimate of drug-likeness (QED) is 0.795. The van der Waals surface area contributed by atoms with Crippen molar-refractivity contribution < 1.29 is 19.1 Å². The van der Waals surface area contributed by atoms with Gasteiger partial charge >= 0.3 is 5.97 Å². The average molecular weight is 309 g/mol. The van der Waals surface area contributed by atoms with Crippen molar-refractivity contribution in [2.75, 3.05) is 6.61 Å². The van der Waals surface area contributed by atoms with Crippen molar-refractivity contribution >= 4 is 11.9 Å². The van der Waals surface area contributed by atoms with Crippen LogP contribution in [0.1, 0.15) is 65.2 Å².